The van der Waals surface area contributed by atoms with Crippen molar-refractivity contribution in [2.24, 2.45) is 0 Å². The molecule has 1 amide bonds. The number of rotatable bonds is 4. The van der Waals surface area contributed by atoms with Gasteiger partial charge in [0.2, 0.25) is 5.91 Å². The number of anilines is 1. The van der Waals surface area contributed by atoms with Crippen molar-refractivity contribution in [3.63, 3.8) is 0 Å². The Labute approximate surface area is 141 Å². The fourth-order valence-corrected chi connectivity index (χ4v) is 4.19. The van der Waals surface area contributed by atoms with E-state index in [0.717, 1.165) is 24.1 Å². The van der Waals surface area contributed by atoms with Crippen LogP contribution in [-0.4, -0.2) is 31.3 Å². The summed E-state index contributed by atoms with van der Waals surface area (Å²) in [7, 11) is -3.66. The monoisotopic (exact) mass is 348 g/mol. The quantitative estimate of drug-likeness (QED) is 0.847. The zero-order valence-corrected chi connectivity index (χ0v) is 14.5. The topological polar surface area (TPSA) is 80.5 Å². The Morgan fingerprint density at radius 1 is 1.38 bits per heavy atom. The lowest BCUT2D eigenvalue weighted by Crippen LogP contribution is -2.44. The molecule has 1 aromatic heterocycles. The number of benzene rings is 1. The van der Waals surface area contributed by atoms with Crippen LogP contribution in [0, 0.1) is 6.92 Å². The fourth-order valence-electron chi connectivity index (χ4n) is 2.95. The smallest absolute Gasteiger partial charge is 0.245 e. The van der Waals surface area contributed by atoms with E-state index in [0.29, 0.717) is 18.0 Å². The van der Waals surface area contributed by atoms with Crippen molar-refractivity contribution in [3.8, 4) is 0 Å². The Balaban J connectivity index is 1.82. The van der Waals surface area contributed by atoms with E-state index in [-0.39, 0.29) is 11.7 Å². The predicted molar refractivity (Wildman–Crippen MR) is 90.4 cm³/mol. The summed E-state index contributed by atoms with van der Waals surface area (Å²) in [5, 5.41) is 2.59. The second kappa shape index (κ2) is 6.39. The average Bonchev–Trinajstić information content (AvgIpc) is 2.97. The van der Waals surface area contributed by atoms with Crippen LogP contribution in [0.2, 0.25) is 0 Å². The minimum atomic E-state index is -3.66. The van der Waals surface area contributed by atoms with Crippen LogP contribution in [0.4, 0.5) is 5.69 Å². The molecule has 2 heterocycles. The number of hydrogen-bond acceptors (Lipinski definition) is 5. The highest BCUT2D eigenvalue weighted by atomic mass is 32.2. The molecule has 1 aromatic carbocycles. The third-order valence-corrected chi connectivity index (χ3v) is 6.27. The molecule has 0 spiro atoms. The summed E-state index contributed by atoms with van der Waals surface area (Å²) in [5.74, 6) is -0.140. The van der Waals surface area contributed by atoms with Crippen LogP contribution in [0.5, 0.6) is 0 Å². The van der Waals surface area contributed by atoms with E-state index in [1.165, 1.54) is 6.92 Å². The number of sulfone groups is 1. The van der Waals surface area contributed by atoms with Crippen molar-refractivity contribution in [2.45, 2.75) is 37.7 Å². The largest absolute Gasteiger partial charge is 0.361 e. The van der Waals surface area contributed by atoms with E-state index in [2.05, 4.69) is 5.16 Å². The number of carbonyl (C=O) groups excluding carboxylic acids is 1. The van der Waals surface area contributed by atoms with Crippen molar-refractivity contribution < 1.29 is 17.7 Å². The number of hydrogen-bond donors (Lipinski definition) is 0. The average molecular weight is 348 g/mol. The van der Waals surface area contributed by atoms with Gasteiger partial charge >= 0.3 is 0 Å². The highest BCUT2D eigenvalue weighted by Gasteiger charge is 2.34. The fraction of sp³-hybridized carbons (Fsp3) is 0.412. The van der Waals surface area contributed by atoms with Gasteiger partial charge in [0.05, 0.1) is 11.4 Å². The molecular formula is C17H20N2O4S. The zero-order chi connectivity index (χ0) is 17.3. The maximum atomic E-state index is 12.8. The Kier molecular flexibility index (Phi) is 4.45. The van der Waals surface area contributed by atoms with Gasteiger partial charge < -0.3 is 9.42 Å². The van der Waals surface area contributed by atoms with Crippen molar-refractivity contribution in [3.05, 3.63) is 47.3 Å². The van der Waals surface area contributed by atoms with Crippen LogP contribution in [0.1, 0.15) is 30.4 Å². The molecule has 2 aromatic rings. The lowest BCUT2D eigenvalue weighted by Gasteiger charge is -2.31. The number of carbonyl (C=O) groups is 1. The molecule has 1 atom stereocenters. The van der Waals surface area contributed by atoms with Crippen LogP contribution in [-0.2, 0) is 26.8 Å². The minimum Gasteiger partial charge on any atom is -0.361 e. The van der Waals surface area contributed by atoms with Crippen molar-refractivity contribution in [2.75, 3.05) is 11.4 Å². The summed E-state index contributed by atoms with van der Waals surface area (Å²) in [5.41, 5.74) is 2.22. The molecule has 3 rings (SSSR count). The molecule has 0 bridgehead atoms. The number of amides is 1. The van der Waals surface area contributed by atoms with E-state index in [4.69, 9.17) is 4.52 Å². The lowest BCUT2D eigenvalue weighted by atomic mass is 10.0. The van der Waals surface area contributed by atoms with Crippen molar-refractivity contribution in [1.82, 2.24) is 5.16 Å². The molecule has 0 radical (unpaired) electrons. The van der Waals surface area contributed by atoms with Gasteiger partial charge in [0.25, 0.3) is 0 Å². The SMILES string of the molecule is Cc1cc(CS(=O)(=O)[C@H](C)C(=O)N2CCCc3ccccc32)no1. The van der Waals surface area contributed by atoms with Crippen LogP contribution in [0.15, 0.2) is 34.9 Å². The molecule has 0 fully saturated rings. The third-order valence-electron chi connectivity index (χ3n) is 4.29. The maximum absolute atomic E-state index is 12.8. The first-order valence-corrected chi connectivity index (χ1v) is 9.63. The first-order valence-electron chi connectivity index (χ1n) is 7.91. The van der Waals surface area contributed by atoms with Gasteiger partial charge in [-0.1, -0.05) is 23.4 Å². The number of aromatic nitrogens is 1. The van der Waals surface area contributed by atoms with E-state index in [1.807, 2.05) is 24.3 Å². The van der Waals surface area contributed by atoms with Gasteiger partial charge in [0.15, 0.2) is 9.84 Å². The Morgan fingerprint density at radius 3 is 2.83 bits per heavy atom. The van der Waals surface area contributed by atoms with E-state index >= 15 is 0 Å². The minimum absolute atomic E-state index is 0.299. The molecule has 1 aliphatic heterocycles. The Morgan fingerprint density at radius 2 is 2.12 bits per heavy atom. The maximum Gasteiger partial charge on any atom is 0.245 e. The molecular weight excluding hydrogens is 328 g/mol. The first-order chi connectivity index (χ1) is 11.4. The summed E-state index contributed by atoms with van der Waals surface area (Å²) in [4.78, 5) is 14.4. The molecule has 0 saturated carbocycles. The summed E-state index contributed by atoms with van der Waals surface area (Å²) in [6.45, 7) is 3.68. The Bertz CT molecular complexity index is 857. The number of fused-ring (bicyclic) bond motifs is 1. The molecule has 0 unspecified atom stereocenters. The molecule has 7 heteroatoms. The van der Waals surface area contributed by atoms with Gasteiger partial charge in [-0.3, -0.25) is 4.79 Å². The number of nitrogens with zero attached hydrogens (tertiary/aromatic N) is 2. The van der Waals surface area contributed by atoms with Gasteiger partial charge in [-0.15, -0.1) is 0 Å². The van der Waals surface area contributed by atoms with Gasteiger partial charge in [-0.05, 0) is 38.3 Å². The van der Waals surface area contributed by atoms with Gasteiger partial charge in [0, 0.05) is 18.3 Å². The lowest BCUT2D eigenvalue weighted by molar-refractivity contribution is -0.118. The molecule has 0 aliphatic carbocycles. The van der Waals surface area contributed by atoms with Crippen LogP contribution >= 0.6 is 0 Å². The summed E-state index contributed by atoms with van der Waals surface area (Å²) >= 11 is 0. The molecule has 128 valence electrons. The standard InChI is InChI=1S/C17H20N2O4S/c1-12-10-15(18-23-12)11-24(21,22)13(2)17(20)19-9-5-7-14-6-3-4-8-16(14)19/h3-4,6,8,10,13H,5,7,9,11H2,1-2H3/t13-/m1/s1. The highest BCUT2D eigenvalue weighted by molar-refractivity contribution is 7.92. The summed E-state index contributed by atoms with van der Waals surface area (Å²) in [6.07, 6.45) is 1.73. The van der Waals surface area contributed by atoms with E-state index in [1.54, 1.807) is 17.9 Å². The Hall–Kier alpha value is -2.15. The van der Waals surface area contributed by atoms with Gasteiger partial charge in [-0.25, -0.2) is 8.42 Å². The van der Waals surface area contributed by atoms with E-state index in [9.17, 15) is 13.2 Å². The number of aryl methyl sites for hydroxylation is 2. The van der Waals surface area contributed by atoms with Crippen molar-refractivity contribution >= 4 is 21.4 Å². The van der Waals surface area contributed by atoms with Crippen LogP contribution < -0.4 is 4.90 Å². The van der Waals surface area contributed by atoms with Gasteiger partial charge in [0.1, 0.15) is 11.0 Å². The third kappa shape index (κ3) is 3.21. The molecule has 24 heavy (non-hydrogen) atoms. The van der Waals surface area contributed by atoms with Crippen LogP contribution in [0.25, 0.3) is 0 Å². The normalized spacial score (nSPS) is 15.8. The summed E-state index contributed by atoms with van der Waals surface area (Å²) < 4.78 is 30.1. The van der Waals surface area contributed by atoms with Crippen LogP contribution in [0.3, 0.4) is 0 Å². The van der Waals surface area contributed by atoms with Crippen molar-refractivity contribution in [1.29, 1.82) is 0 Å². The van der Waals surface area contributed by atoms with E-state index < -0.39 is 15.1 Å². The first kappa shape index (κ1) is 16.7. The predicted octanol–water partition coefficient (Wildman–Crippen LogP) is 2.27. The molecule has 6 nitrogen and oxygen atoms in total. The highest BCUT2D eigenvalue weighted by Crippen LogP contribution is 2.28. The second-order valence-electron chi connectivity index (χ2n) is 6.10. The van der Waals surface area contributed by atoms with Gasteiger partial charge in [-0.2, -0.15) is 0 Å². The number of para-hydroxylation sites is 1. The molecule has 0 saturated heterocycles. The summed E-state index contributed by atoms with van der Waals surface area (Å²) in [6, 6.07) is 9.21. The molecule has 0 N–H and O–H groups in total. The zero-order valence-electron chi connectivity index (χ0n) is 13.7. The molecule has 1 aliphatic rings. The second-order valence-corrected chi connectivity index (χ2v) is 8.42.